The summed E-state index contributed by atoms with van der Waals surface area (Å²) in [6.07, 6.45) is 1.01. The van der Waals surface area contributed by atoms with Crippen LogP contribution in [0.15, 0.2) is 22.5 Å². The number of ether oxygens (including phenoxy) is 1. The van der Waals surface area contributed by atoms with Crippen molar-refractivity contribution in [1.29, 1.82) is 0 Å². The van der Waals surface area contributed by atoms with Gasteiger partial charge in [-0.15, -0.1) is 35.3 Å². The van der Waals surface area contributed by atoms with Gasteiger partial charge in [0.2, 0.25) is 10.0 Å². The third-order valence-corrected chi connectivity index (χ3v) is 6.94. The largest absolute Gasteiger partial charge is 0.378 e. The Labute approximate surface area is 184 Å². The quantitative estimate of drug-likeness (QED) is 0.316. The van der Waals surface area contributed by atoms with Crippen LogP contribution >= 0.6 is 35.3 Å². The topological polar surface area (TPSA) is 74.2 Å². The maximum Gasteiger partial charge on any atom is 0.216 e. The number of guanidine groups is 1. The fourth-order valence-corrected chi connectivity index (χ4v) is 4.77. The molecule has 1 aliphatic rings. The second kappa shape index (κ2) is 12.2. The minimum absolute atomic E-state index is 0. The Balaban J connectivity index is 0.00000364. The smallest absolute Gasteiger partial charge is 0.216 e. The molecular weight excluding hydrogens is 499 g/mol. The Bertz CT molecular complexity index is 658. The second-order valence-corrected chi connectivity index (χ2v) is 9.55. The van der Waals surface area contributed by atoms with Crippen LogP contribution in [-0.4, -0.2) is 81.8 Å². The average molecular weight is 530 g/mol. The zero-order chi connectivity index (χ0) is 19.0. The summed E-state index contributed by atoms with van der Waals surface area (Å²) >= 11 is 1.75. The molecule has 0 bridgehead atoms. The molecule has 0 aromatic carbocycles. The molecule has 0 radical (unpaired) electrons. The Morgan fingerprint density at radius 3 is 2.59 bits per heavy atom. The fourth-order valence-electron chi connectivity index (χ4n) is 2.78. The number of rotatable bonds is 8. The summed E-state index contributed by atoms with van der Waals surface area (Å²) < 4.78 is 31.7. The van der Waals surface area contributed by atoms with E-state index in [4.69, 9.17) is 4.74 Å². The molecule has 0 amide bonds. The van der Waals surface area contributed by atoms with Crippen LogP contribution in [0.25, 0.3) is 0 Å². The summed E-state index contributed by atoms with van der Waals surface area (Å²) in [7, 11) is -1.49. The van der Waals surface area contributed by atoms with E-state index < -0.39 is 10.0 Å². The highest BCUT2D eigenvalue weighted by Crippen LogP contribution is 2.10. The first-order valence-corrected chi connectivity index (χ1v) is 11.5. The summed E-state index contributed by atoms with van der Waals surface area (Å²) in [6.45, 7) is 7.12. The van der Waals surface area contributed by atoms with Gasteiger partial charge in [0.05, 0.1) is 18.5 Å². The molecule has 156 valence electrons. The molecule has 0 spiro atoms. The van der Waals surface area contributed by atoms with Gasteiger partial charge in [-0.1, -0.05) is 6.07 Å². The van der Waals surface area contributed by atoms with Gasteiger partial charge in [0.15, 0.2) is 5.96 Å². The van der Waals surface area contributed by atoms with Gasteiger partial charge in [-0.05, 0) is 31.7 Å². The van der Waals surface area contributed by atoms with Crippen molar-refractivity contribution >= 4 is 51.3 Å². The van der Waals surface area contributed by atoms with E-state index in [0.29, 0.717) is 26.2 Å². The van der Waals surface area contributed by atoms with Crippen LogP contribution in [0.4, 0.5) is 0 Å². The summed E-state index contributed by atoms with van der Waals surface area (Å²) in [5, 5.41) is 5.45. The number of nitrogens with one attached hydrogen (secondary N) is 1. The fraction of sp³-hybridized carbons (Fsp3) is 0.706. The van der Waals surface area contributed by atoms with E-state index in [0.717, 1.165) is 18.9 Å². The number of hydrogen-bond acceptors (Lipinski definition) is 5. The van der Waals surface area contributed by atoms with Gasteiger partial charge in [-0.25, -0.2) is 8.42 Å². The number of aliphatic imine (C=N–C) groups is 1. The lowest BCUT2D eigenvalue weighted by molar-refractivity contribution is 0.0904. The monoisotopic (exact) mass is 530 g/mol. The standard InChI is InChI=1S/C17H30N4O3S2.HI/c1-15(2)24-12-14-26(22,23)21-10-8-20(9-11-21)17(18-3)19-7-6-16-5-4-13-25-16;/h4-5,13,15H,6-12,14H2,1-3H3,(H,18,19);1H. The van der Waals surface area contributed by atoms with Crippen molar-refractivity contribution in [3.8, 4) is 0 Å². The Morgan fingerprint density at radius 1 is 1.33 bits per heavy atom. The van der Waals surface area contributed by atoms with Gasteiger partial charge in [0.1, 0.15) is 0 Å². The highest BCUT2D eigenvalue weighted by molar-refractivity contribution is 14.0. The molecule has 1 aromatic rings. The molecule has 10 heteroatoms. The molecule has 1 saturated heterocycles. The Morgan fingerprint density at radius 2 is 2.04 bits per heavy atom. The second-order valence-electron chi connectivity index (χ2n) is 6.43. The predicted molar refractivity (Wildman–Crippen MR) is 123 cm³/mol. The lowest BCUT2D eigenvalue weighted by atomic mass is 10.3. The molecule has 2 heterocycles. The van der Waals surface area contributed by atoms with Crippen molar-refractivity contribution in [2.75, 3.05) is 52.1 Å². The maximum absolute atomic E-state index is 12.4. The molecular formula is C17H31IN4O3S2. The van der Waals surface area contributed by atoms with Crippen molar-refractivity contribution in [3.63, 3.8) is 0 Å². The van der Waals surface area contributed by atoms with E-state index in [9.17, 15) is 8.42 Å². The van der Waals surface area contributed by atoms with E-state index in [1.54, 1.807) is 22.7 Å². The van der Waals surface area contributed by atoms with Gasteiger partial charge in [0.25, 0.3) is 0 Å². The molecule has 0 atom stereocenters. The van der Waals surface area contributed by atoms with Crippen LogP contribution in [0.3, 0.4) is 0 Å². The first-order chi connectivity index (χ1) is 12.4. The van der Waals surface area contributed by atoms with Crippen LogP contribution in [0, 0.1) is 0 Å². The summed E-state index contributed by atoms with van der Waals surface area (Å²) in [5.41, 5.74) is 0. The first kappa shape index (κ1) is 24.6. The molecule has 7 nitrogen and oxygen atoms in total. The highest BCUT2D eigenvalue weighted by atomic mass is 127. The van der Waals surface area contributed by atoms with E-state index >= 15 is 0 Å². The molecule has 0 saturated carbocycles. The lowest BCUT2D eigenvalue weighted by Crippen LogP contribution is -2.54. The van der Waals surface area contributed by atoms with Crippen molar-refractivity contribution < 1.29 is 13.2 Å². The highest BCUT2D eigenvalue weighted by Gasteiger charge is 2.27. The number of piperazine rings is 1. The minimum Gasteiger partial charge on any atom is -0.378 e. The summed E-state index contributed by atoms with van der Waals surface area (Å²) in [4.78, 5) is 7.79. The van der Waals surface area contributed by atoms with E-state index in [2.05, 4.69) is 32.7 Å². The van der Waals surface area contributed by atoms with Crippen molar-refractivity contribution in [1.82, 2.24) is 14.5 Å². The predicted octanol–water partition coefficient (Wildman–Crippen LogP) is 1.86. The summed E-state index contributed by atoms with van der Waals surface area (Å²) in [5.74, 6) is 0.876. The zero-order valence-corrected chi connectivity index (χ0v) is 20.2. The van der Waals surface area contributed by atoms with E-state index in [1.807, 2.05) is 13.8 Å². The van der Waals surface area contributed by atoms with E-state index in [-0.39, 0.29) is 42.4 Å². The van der Waals surface area contributed by atoms with Crippen LogP contribution in [0.1, 0.15) is 18.7 Å². The number of nitrogens with zero attached hydrogens (tertiary/aromatic N) is 3. The number of halogens is 1. The molecule has 0 aliphatic carbocycles. The molecule has 0 unspecified atom stereocenters. The number of thiophene rings is 1. The zero-order valence-electron chi connectivity index (χ0n) is 16.3. The van der Waals surface area contributed by atoms with Gasteiger partial charge in [0, 0.05) is 44.6 Å². The molecule has 1 N–H and O–H groups in total. The van der Waals surface area contributed by atoms with E-state index in [1.165, 1.54) is 4.88 Å². The Hall–Kier alpha value is -0.430. The van der Waals surface area contributed by atoms with Crippen LogP contribution in [0.5, 0.6) is 0 Å². The normalized spacial score (nSPS) is 16.4. The van der Waals surface area contributed by atoms with Gasteiger partial charge >= 0.3 is 0 Å². The molecule has 2 rings (SSSR count). The van der Waals surface area contributed by atoms with Crippen LogP contribution in [-0.2, 0) is 21.2 Å². The third-order valence-electron chi connectivity index (χ3n) is 4.17. The van der Waals surface area contributed by atoms with Crippen molar-refractivity contribution in [2.24, 2.45) is 4.99 Å². The summed E-state index contributed by atoms with van der Waals surface area (Å²) in [6, 6.07) is 4.18. The molecule has 1 aliphatic heterocycles. The maximum atomic E-state index is 12.4. The van der Waals surface area contributed by atoms with Gasteiger partial charge in [-0.3, -0.25) is 4.99 Å². The average Bonchev–Trinajstić information content (AvgIpc) is 3.12. The third kappa shape index (κ3) is 8.22. The number of sulfonamides is 1. The lowest BCUT2D eigenvalue weighted by Gasteiger charge is -2.35. The van der Waals surface area contributed by atoms with Gasteiger partial charge < -0.3 is 15.0 Å². The Kier molecular flexibility index (Phi) is 11.1. The van der Waals surface area contributed by atoms with Crippen LogP contribution < -0.4 is 5.32 Å². The van der Waals surface area contributed by atoms with Crippen molar-refractivity contribution in [3.05, 3.63) is 22.4 Å². The number of hydrogen-bond donors (Lipinski definition) is 1. The van der Waals surface area contributed by atoms with Crippen molar-refractivity contribution in [2.45, 2.75) is 26.4 Å². The SMILES string of the molecule is CN=C(NCCc1cccs1)N1CCN(S(=O)(=O)CCOC(C)C)CC1.I. The van der Waals surface area contributed by atoms with Crippen LogP contribution in [0.2, 0.25) is 0 Å². The molecule has 27 heavy (non-hydrogen) atoms. The molecule has 1 aromatic heterocycles. The first-order valence-electron chi connectivity index (χ1n) is 9.00. The molecule has 1 fully saturated rings. The minimum atomic E-state index is -3.26. The van der Waals surface area contributed by atoms with Gasteiger partial charge in [-0.2, -0.15) is 4.31 Å².